The van der Waals surface area contributed by atoms with Crippen LogP contribution < -0.4 is 5.32 Å². The molecule has 0 bridgehead atoms. The summed E-state index contributed by atoms with van der Waals surface area (Å²) in [6, 6.07) is 4.51. The second-order valence-electron chi connectivity index (χ2n) is 6.46. The Morgan fingerprint density at radius 3 is 2.64 bits per heavy atom. The highest BCUT2D eigenvalue weighted by atomic mass is 16.3. The fourth-order valence-electron chi connectivity index (χ4n) is 3.59. The number of carbonyl (C=O) groups excluding carboxylic acids is 1. The van der Waals surface area contributed by atoms with E-state index in [2.05, 4.69) is 15.1 Å². The van der Waals surface area contributed by atoms with Gasteiger partial charge >= 0.3 is 0 Å². The Bertz CT molecular complexity index is 446. The van der Waals surface area contributed by atoms with Crippen molar-refractivity contribution in [3.05, 3.63) is 24.2 Å². The summed E-state index contributed by atoms with van der Waals surface area (Å²) < 4.78 is 5.22. The maximum Gasteiger partial charge on any atom is 0.234 e. The SMILES string of the molecule is O=C(CN1CCN(C2CCCCC2)CC1)NCc1ccco1. The van der Waals surface area contributed by atoms with Crippen LogP contribution in [0.15, 0.2) is 22.8 Å². The van der Waals surface area contributed by atoms with E-state index in [1.807, 2.05) is 12.1 Å². The Hall–Kier alpha value is -1.33. The van der Waals surface area contributed by atoms with Crippen LogP contribution >= 0.6 is 0 Å². The van der Waals surface area contributed by atoms with E-state index in [0.717, 1.165) is 38.0 Å². The zero-order valence-corrected chi connectivity index (χ0v) is 13.3. The molecule has 0 atom stereocenters. The molecule has 5 heteroatoms. The van der Waals surface area contributed by atoms with E-state index < -0.39 is 0 Å². The maximum atomic E-state index is 12.0. The van der Waals surface area contributed by atoms with Gasteiger partial charge in [0, 0.05) is 32.2 Å². The molecule has 3 rings (SSSR count). The number of piperazine rings is 1. The zero-order valence-electron chi connectivity index (χ0n) is 13.3. The smallest absolute Gasteiger partial charge is 0.234 e. The molecule has 0 unspecified atom stereocenters. The van der Waals surface area contributed by atoms with Crippen LogP contribution in [0.1, 0.15) is 37.9 Å². The molecule has 5 nitrogen and oxygen atoms in total. The normalized spacial score (nSPS) is 21.8. The van der Waals surface area contributed by atoms with E-state index in [4.69, 9.17) is 4.42 Å². The minimum absolute atomic E-state index is 0.0857. The predicted octanol–water partition coefficient (Wildman–Crippen LogP) is 1.85. The van der Waals surface area contributed by atoms with Crippen LogP contribution in [0.5, 0.6) is 0 Å². The van der Waals surface area contributed by atoms with E-state index in [1.54, 1.807) is 6.26 Å². The first-order valence-corrected chi connectivity index (χ1v) is 8.57. The van der Waals surface area contributed by atoms with E-state index >= 15 is 0 Å². The van der Waals surface area contributed by atoms with Gasteiger partial charge in [0.1, 0.15) is 5.76 Å². The van der Waals surface area contributed by atoms with Crippen molar-refractivity contribution in [1.82, 2.24) is 15.1 Å². The molecule has 1 aromatic rings. The summed E-state index contributed by atoms with van der Waals surface area (Å²) in [5, 5.41) is 2.92. The van der Waals surface area contributed by atoms with Crippen molar-refractivity contribution in [1.29, 1.82) is 0 Å². The number of hydrogen-bond acceptors (Lipinski definition) is 4. The van der Waals surface area contributed by atoms with Crippen molar-refractivity contribution >= 4 is 5.91 Å². The van der Waals surface area contributed by atoms with Crippen LogP contribution in [-0.4, -0.2) is 54.5 Å². The van der Waals surface area contributed by atoms with Crippen molar-refractivity contribution < 1.29 is 9.21 Å². The third-order valence-electron chi connectivity index (χ3n) is 4.91. The van der Waals surface area contributed by atoms with Gasteiger partial charge in [0.15, 0.2) is 0 Å². The van der Waals surface area contributed by atoms with Gasteiger partial charge in [-0.25, -0.2) is 0 Å². The standard InChI is InChI=1S/C17H27N3O2/c21-17(18-13-16-7-4-12-22-16)14-19-8-10-20(11-9-19)15-5-2-1-3-6-15/h4,7,12,15H,1-3,5-6,8-11,13-14H2,(H,18,21). The molecule has 22 heavy (non-hydrogen) atoms. The summed E-state index contributed by atoms with van der Waals surface area (Å²) in [5.74, 6) is 0.887. The molecule has 1 N–H and O–H groups in total. The lowest BCUT2D eigenvalue weighted by Gasteiger charge is -2.40. The van der Waals surface area contributed by atoms with Gasteiger partial charge < -0.3 is 9.73 Å². The third-order valence-corrected chi connectivity index (χ3v) is 4.91. The highest BCUT2D eigenvalue weighted by Gasteiger charge is 2.25. The van der Waals surface area contributed by atoms with Crippen LogP contribution in [0.2, 0.25) is 0 Å². The first kappa shape index (κ1) is 15.6. The van der Waals surface area contributed by atoms with Crippen LogP contribution in [-0.2, 0) is 11.3 Å². The Kier molecular flexibility index (Phi) is 5.51. The van der Waals surface area contributed by atoms with Gasteiger partial charge in [-0.1, -0.05) is 19.3 Å². The fraction of sp³-hybridized carbons (Fsp3) is 0.706. The molecular weight excluding hydrogens is 278 g/mol. The molecule has 0 radical (unpaired) electrons. The number of rotatable bonds is 5. The lowest BCUT2D eigenvalue weighted by molar-refractivity contribution is -0.123. The molecule has 1 amide bonds. The maximum absolute atomic E-state index is 12.0. The number of nitrogens with zero attached hydrogens (tertiary/aromatic N) is 2. The fourth-order valence-corrected chi connectivity index (χ4v) is 3.59. The largest absolute Gasteiger partial charge is 0.467 e. The Labute approximate surface area is 132 Å². The molecule has 0 aromatic carbocycles. The summed E-state index contributed by atoms with van der Waals surface area (Å²) in [5.41, 5.74) is 0. The van der Waals surface area contributed by atoms with Crippen molar-refractivity contribution in [3.8, 4) is 0 Å². The molecule has 1 aromatic heterocycles. The van der Waals surface area contributed by atoms with Gasteiger partial charge in [-0.05, 0) is 25.0 Å². The lowest BCUT2D eigenvalue weighted by Crippen LogP contribution is -2.52. The number of hydrogen-bond donors (Lipinski definition) is 1. The molecule has 2 fully saturated rings. The lowest BCUT2D eigenvalue weighted by atomic mass is 9.94. The Balaban J connectivity index is 1.35. The number of nitrogens with one attached hydrogen (secondary N) is 1. The second-order valence-corrected chi connectivity index (χ2v) is 6.46. The molecule has 1 saturated heterocycles. The second kappa shape index (κ2) is 7.79. The molecular formula is C17H27N3O2. The van der Waals surface area contributed by atoms with Crippen molar-refractivity contribution in [2.45, 2.75) is 44.7 Å². The molecule has 122 valence electrons. The van der Waals surface area contributed by atoms with Gasteiger partial charge in [0.05, 0.1) is 19.4 Å². The van der Waals surface area contributed by atoms with Crippen molar-refractivity contribution in [3.63, 3.8) is 0 Å². The number of carbonyl (C=O) groups is 1. The summed E-state index contributed by atoms with van der Waals surface area (Å²) in [6.45, 7) is 5.20. The van der Waals surface area contributed by atoms with Crippen LogP contribution in [0, 0.1) is 0 Å². The molecule has 2 heterocycles. The van der Waals surface area contributed by atoms with E-state index in [1.165, 1.54) is 32.1 Å². The Morgan fingerprint density at radius 1 is 1.18 bits per heavy atom. The summed E-state index contributed by atoms with van der Waals surface area (Å²) in [6.07, 6.45) is 8.55. The van der Waals surface area contributed by atoms with Crippen LogP contribution in [0.25, 0.3) is 0 Å². The van der Waals surface area contributed by atoms with Gasteiger partial charge in [0.25, 0.3) is 0 Å². The van der Waals surface area contributed by atoms with Gasteiger partial charge in [-0.15, -0.1) is 0 Å². The van der Waals surface area contributed by atoms with Crippen LogP contribution in [0.4, 0.5) is 0 Å². The highest BCUT2D eigenvalue weighted by Crippen LogP contribution is 2.23. The zero-order chi connectivity index (χ0) is 15.2. The van der Waals surface area contributed by atoms with Crippen molar-refractivity contribution in [2.24, 2.45) is 0 Å². The summed E-state index contributed by atoms with van der Waals surface area (Å²) in [7, 11) is 0. The molecule has 2 aliphatic rings. The summed E-state index contributed by atoms with van der Waals surface area (Å²) in [4.78, 5) is 16.9. The van der Waals surface area contributed by atoms with Gasteiger partial charge in [-0.2, -0.15) is 0 Å². The van der Waals surface area contributed by atoms with Gasteiger partial charge in [-0.3, -0.25) is 14.6 Å². The topological polar surface area (TPSA) is 48.7 Å². The third kappa shape index (κ3) is 4.34. The average Bonchev–Trinajstić information content (AvgIpc) is 3.08. The number of furan rings is 1. The highest BCUT2D eigenvalue weighted by molar-refractivity contribution is 5.77. The van der Waals surface area contributed by atoms with Gasteiger partial charge in [0.2, 0.25) is 5.91 Å². The average molecular weight is 305 g/mol. The molecule has 0 spiro atoms. The van der Waals surface area contributed by atoms with E-state index in [9.17, 15) is 4.79 Å². The Morgan fingerprint density at radius 2 is 1.95 bits per heavy atom. The molecule has 1 aliphatic heterocycles. The minimum atomic E-state index is 0.0857. The molecule has 1 aliphatic carbocycles. The van der Waals surface area contributed by atoms with Crippen molar-refractivity contribution in [2.75, 3.05) is 32.7 Å². The minimum Gasteiger partial charge on any atom is -0.467 e. The number of amides is 1. The monoisotopic (exact) mass is 305 g/mol. The first-order valence-electron chi connectivity index (χ1n) is 8.57. The van der Waals surface area contributed by atoms with E-state index in [-0.39, 0.29) is 5.91 Å². The summed E-state index contributed by atoms with van der Waals surface area (Å²) >= 11 is 0. The molecule has 1 saturated carbocycles. The van der Waals surface area contributed by atoms with E-state index in [0.29, 0.717) is 13.1 Å². The quantitative estimate of drug-likeness (QED) is 0.902. The van der Waals surface area contributed by atoms with Crippen LogP contribution in [0.3, 0.4) is 0 Å². The first-order chi connectivity index (χ1) is 10.8. The predicted molar refractivity (Wildman–Crippen MR) is 85.4 cm³/mol.